The number of benzene rings is 2. The van der Waals surface area contributed by atoms with Gasteiger partial charge in [-0.3, -0.25) is 4.79 Å². The second kappa shape index (κ2) is 6.59. The SMILES string of the molecule is CNC(=O)Cc1ccc(OCc2ccccc2)cc1. The van der Waals surface area contributed by atoms with E-state index in [1.807, 2.05) is 54.6 Å². The number of carbonyl (C=O) groups excluding carboxylic acids is 1. The molecule has 0 saturated carbocycles. The molecule has 0 fully saturated rings. The number of carbonyl (C=O) groups is 1. The van der Waals surface area contributed by atoms with Gasteiger partial charge < -0.3 is 10.1 Å². The van der Waals surface area contributed by atoms with Crippen LogP contribution in [0.25, 0.3) is 0 Å². The van der Waals surface area contributed by atoms with E-state index in [4.69, 9.17) is 4.74 Å². The van der Waals surface area contributed by atoms with Crippen LogP contribution in [-0.2, 0) is 17.8 Å². The molecule has 1 amide bonds. The fourth-order valence-electron chi connectivity index (χ4n) is 1.72. The van der Waals surface area contributed by atoms with E-state index in [2.05, 4.69) is 5.32 Å². The molecular weight excluding hydrogens is 238 g/mol. The van der Waals surface area contributed by atoms with Gasteiger partial charge in [0.15, 0.2) is 0 Å². The van der Waals surface area contributed by atoms with Crippen molar-refractivity contribution in [2.75, 3.05) is 7.05 Å². The van der Waals surface area contributed by atoms with Gasteiger partial charge in [0.05, 0.1) is 6.42 Å². The van der Waals surface area contributed by atoms with E-state index in [-0.39, 0.29) is 5.91 Å². The normalized spacial score (nSPS) is 9.95. The summed E-state index contributed by atoms with van der Waals surface area (Å²) in [5.74, 6) is 0.822. The first kappa shape index (κ1) is 13.1. The molecule has 0 atom stereocenters. The lowest BCUT2D eigenvalue weighted by Gasteiger charge is -2.07. The molecule has 98 valence electrons. The van der Waals surface area contributed by atoms with Crippen LogP contribution in [0, 0.1) is 0 Å². The summed E-state index contributed by atoms with van der Waals surface area (Å²) in [7, 11) is 1.64. The molecule has 2 aromatic rings. The molecule has 0 aromatic heterocycles. The summed E-state index contributed by atoms with van der Waals surface area (Å²) in [5.41, 5.74) is 2.11. The Balaban J connectivity index is 1.90. The highest BCUT2D eigenvalue weighted by molar-refractivity contribution is 5.78. The number of nitrogens with one attached hydrogen (secondary N) is 1. The van der Waals surface area contributed by atoms with Crippen LogP contribution in [0.5, 0.6) is 5.75 Å². The maximum atomic E-state index is 11.2. The third-order valence-electron chi connectivity index (χ3n) is 2.82. The van der Waals surface area contributed by atoms with E-state index < -0.39 is 0 Å². The number of rotatable bonds is 5. The van der Waals surface area contributed by atoms with Gasteiger partial charge in [0.1, 0.15) is 12.4 Å². The summed E-state index contributed by atoms with van der Waals surface area (Å²) < 4.78 is 5.68. The topological polar surface area (TPSA) is 38.3 Å². The quantitative estimate of drug-likeness (QED) is 0.891. The molecule has 2 rings (SSSR count). The summed E-state index contributed by atoms with van der Waals surface area (Å²) in [6, 6.07) is 17.6. The second-order valence-corrected chi connectivity index (χ2v) is 4.27. The van der Waals surface area contributed by atoms with Gasteiger partial charge in [0.2, 0.25) is 5.91 Å². The van der Waals surface area contributed by atoms with Crippen LogP contribution < -0.4 is 10.1 Å². The van der Waals surface area contributed by atoms with Crippen LogP contribution in [-0.4, -0.2) is 13.0 Å². The Morgan fingerprint density at radius 2 is 1.68 bits per heavy atom. The molecule has 0 aliphatic carbocycles. The van der Waals surface area contributed by atoms with Crippen molar-refractivity contribution < 1.29 is 9.53 Å². The van der Waals surface area contributed by atoms with Crippen molar-refractivity contribution in [3.63, 3.8) is 0 Å². The molecule has 0 aliphatic rings. The summed E-state index contributed by atoms with van der Waals surface area (Å²) in [4.78, 5) is 11.2. The molecule has 0 radical (unpaired) electrons. The lowest BCUT2D eigenvalue weighted by molar-refractivity contribution is -0.119. The van der Waals surface area contributed by atoms with Gasteiger partial charge in [-0.25, -0.2) is 0 Å². The van der Waals surface area contributed by atoms with Crippen molar-refractivity contribution in [2.24, 2.45) is 0 Å². The summed E-state index contributed by atoms with van der Waals surface area (Å²) in [6.07, 6.45) is 0.398. The number of hydrogen-bond donors (Lipinski definition) is 1. The van der Waals surface area contributed by atoms with Crippen molar-refractivity contribution >= 4 is 5.91 Å². The van der Waals surface area contributed by atoms with E-state index in [1.165, 1.54) is 0 Å². The van der Waals surface area contributed by atoms with Crippen LogP contribution in [0.3, 0.4) is 0 Å². The highest BCUT2D eigenvalue weighted by atomic mass is 16.5. The molecule has 3 nitrogen and oxygen atoms in total. The third-order valence-corrected chi connectivity index (χ3v) is 2.82. The molecule has 2 aromatic carbocycles. The predicted molar refractivity (Wildman–Crippen MR) is 75.0 cm³/mol. The Kier molecular flexibility index (Phi) is 4.56. The maximum Gasteiger partial charge on any atom is 0.224 e. The first-order valence-corrected chi connectivity index (χ1v) is 6.24. The van der Waals surface area contributed by atoms with Crippen LogP contribution in [0.15, 0.2) is 54.6 Å². The lowest BCUT2D eigenvalue weighted by Crippen LogP contribution is -2.19. The number of hydrogen-bond acceptors (Lipinski definition) is 2. The maximum absolute atomic E-state index is 11.2. The van der Waals surface area contributed by atoms with Gasteiger partial charge in [-0.05, 0) is 23.3 Å². The third kappa shape index (κ3) is 4.14. The molecule has 19 heavy (non-hydrogen) atoms. The zero-order chi connectivity index (χ0) is 13.5. The fourth-order valence-corrected chi connectivity index (χ4v) is 1.72. The monoisotopic (exact) mass is 255 g/mol. The Morgan fingerprint density at radius 1 is 1.00 bits per heavy atom. The lowest BCUT2D eigenvalue weighted by atomic mass is 10.1. The largest absolute Gasteiger partial charge is 0.489 e. The number of likely N-dealkylation sites (N-methyl/N-ethyl adjacent to an activating group) is 1. The van der Waals surface area contributed by atoms with Gasteiger partial charge in [0, 0.05) is 7.05 Å². The van der Waals surface area contributed by atoms with E-state index in [9.17, 15) is 4.79 Å². The fraction of sp³-hybridized carbons (Fsp3) is 0.188. The van der Waals surface area contributed by atoms with Crippen molar-refractivity contribution in [3.8, 4) is 5.75 Å². The Bertz CT molecular complexity index is 520. The van der Waals surface area contributed by atoms with E-state index in [1.54, 1.807) is 7.05 Å². The van der Waals surface area contributed by atoms with Gasteiger partial charge in [-0.1, -0.05) is 42.5 Å². The van der Waals surface area contributed by atoms with Crippen LogP contribution in [0.1, 0.15) is 11.1 Å². The molecule has 0 heterocycles. The average molecular weight is 255 g/mol. The molecular formula is C16H17NO2. The first-order valence-electron chi connectivity index (χ1n) is 6.24. The summed E-state index contributed by atoms with van der Waals surface area (Å²) >= 11 is 0. The first-order chi connectivity index (χ1) is 9.28. The number of amides is 1. The van der Waals surface area contributed by atoms with Gasteiger partial charge in [-0.15, -0.1) is 0 Å². The van der Waals surface area contributed by atoms with Crippen molar-refractivity contribution in [3.05, 3.63) is 65.7 Å². The van der Waals surface area contributed by atoms with Crippen LogP contribution >= 0.6 is 0 Å². The van der Waals surface area contributed by atoms with Gasteiger partial charge >= 0.3 is 0 Å². The Labute approximate surface area is 113 Å². The molecule has 3 heteroatoms. The minimum atomic E-state index is 0.0120. The number of ether oxygens (including phenoxy) is 1. The summed E-state index contributed by atoms with van der Waals surface area (Å²) in [6.45, 7) is 0.551. The second-order valence-electron chi connectivity index (χ2n) is 4.27. The summed E-state index contributed by atoms with van der Waals surface area (Å²) in [5, 5.41) is 2.60. The van der Waals surface area contributed by atoms with Crippen molar-refractivity contribution in [2.45, 2.75) is 13.0 Å². The molecule has 1 N–H and O–H groups in total. The highest BCUT2D eigenvalue weighted by Gasteiger charge is 2.01. The van der Waals surface area contributed by atoms with Crippen LogP contribution in [0.4, 0.5) is 0 Å². The van der Waals surface area contributed by atoms with E-state index in [0.717, 1.165) is 16.9 Å². The molecule has 0 unspecified atom stereocenters. The minimum absolute atomic E-state index is 0.0120. The Morgan fingerprint density at radius 3 is 2.32 bits per heavy atom. The van der Waals surface area contributed by atoms with E-state index in [0.29, 0.717) is 13.0 Å². The van der Waals surface area contributed by atoms with Crippen molar-refractivity contribution in [1.29, 1.82) is 0 Å². The smallest absolute Gasteiger partial charge is 0.224 e. The molecule has 0 aliphatic heterocycles. The van der Waals surface area contributed by atoms with E-state index >= 15 is 0 Å². The molecule has 0 spiro atoms. The van der Waals surface area contributed by atoms with Gasteiger partial charge in [0.25, 0.3) is 0 Å². The highest BCUT2D eigenvalue weighted by Crippen LogP contribution is 2.14. The molecule has 0 bridgehead atoms. The zero-order valence-corrected chi connectivity index (χ0v) is 10.9. The average Bonchev–Trinajstić information content (AvgIpc) is 2.47. The molecule has 0 saturated heterocycles. The standard InChI is InChI=1S/C16H17NO2/c1-17-16(18)11-13-7-9-15(10-8-13)19-12-14-5-3-2-4-6-14/h2-10H,11-12H2,1H3,(H,17,18). The predicted octanol–water partition coefficient (Wildman–Crippen LogP) is 2.55. The van der Waals surface area contributed by atoms with Crippen LogP contribution in [0.2, 0.25) is 0 Å². The van der Waals surface area contributed by atoms with Gasteiger partial charge in [-0.2, -0.15) is 0 Å². The van der Waals surface area contributed by atoms with Crippen molar-refractivity contribution in [1.82, 2.24) is 5.32 Å². The zero-order valence-electron chi connectivity index (χ0n) is 10.9. The minimum Gasteiger partial charge on any atom is -0.489 e. The Hall–Kier alpha value is -2.29.